The van der Waals surface area contributed by atoms with Gasteiger partial charge in [-0.05, 0) is 12.8 Å². The number of aryl methyl sites for hydroxylation is 2. The summed E-state index contributed by atoms with van der Waals surface area (Å²) in [5, 5.41) is 2.93. The second-order valence-corrected chi connectivity index (χ2v) is 5.24. The Labute approximate surface area is 115 Å². The predicted octanol–water partition coefficient (Wildman–Crippen LogP) is 1.49. The van der Waals surface area contributed by atoms with E-state index in [-0.39, 0.29) is 17.8 Å². The molecule has 2 aromatic rings. The molecule has 0 aliphatic carbocycles. The van der Waals surface area contributed by atoms with Crippen LogP contribution < -0.4 is 11.2 Å². The molecule has 102 valence electrons. The van der Waals surface area contributed by atoms with Crippen LogP contribution in [0.2, 0.25) is 0 Å². The average Bonchev–Trinajstić information content (AvgIpc) is 2.86. The van der Waals surface area contributed by atoms with Gasteiger partial charge in [0.1, 0.15) is 0 Å². The van der Waals surface area contributed by atoms with E-state index < -0.39 is 0 Å². The molecule has 0 fully saturated rings. The molecule has 0 bridgehead atoms. The molecule has 2 heterocycles. The molecule has 0 radical (unpaired) electrons. The van der Waals surface area contributed by atoms with Crippen molar-refractivity contribution in [2.24, 2.45) is 0 Å². The van der Waals surface area contributed by atoms with E-state index in [9.17, 15) is 9.59 Å². The van der Waals surface area contributed by atoms with Crippen LogP contribution in [-0.2, 0) is 19.5 Å². The van der Waals surface area contributed by atoms with E-state index >= 15 is 0 Å². The summed E-state index contributed by atoms with van der Waals surface area (Å²) in [5.41, 5.74) is 0.235. The third kappa shape index (κ3) is 3.01. The molecule has 2 rings (SSSR count). The van der Waals surface area contributed by atoms with E-state index in [1.807, 2.05) is 19.2 Å². The molecule has 2 aromatic heterocycles. The monoisotopic (exact) mass is 279 g/mol. The van der Waals surface area contributed by atoms with Crippen molar-refractivity contribution in [2.75, 3.05) is 0 Å². The van der Waals surface area contributed by atoms with Crippen molar-refractivity contribution in [2.45, 2.75) is 39.8 Å². The van der Waals surface area contributed by atoms with E-state index in [2.05, 4.69) is 4.98 Å². The SMILES string of the molecule is CCCn1ccc(=O)n(Cc2csc(CC)n2)c1=O. The van der Waals surface area contributed by atoms with Crippen molar-refractivity contribution >= 4 is 11.3 Å². The van der Waals surface area contributed by atoms with Crippen molar-refractivity contribution in [3.63, 3.8) is 0 Å². The molecule has 0 spiro atoms. The van der Waals surface area contributed by atoms with Crippen LogP contribution in [-0.4, -0.2) is 14.1 Å². The molecule has 0 aromatic carbocycles. The van der Waals surface area contributed by atoms with Crippen molar-refractivity contribution in [1.29, 1.82) is 0 Å². The van der Waals surface area contributed by atoms with Crippen molar-refractivity contribution in [3.8, 4) is 0 Å². The molecule has 0 unspecified atom stereocenters. The van der Waals surface area contributed by atoms with Crippen LogP contribution in [0.1, 0.15) is 31.0 Å². The summed E-state index contributed by atoms with van der Waals surface area (Å²) in [6, 6.07) is 1.43. The highest BCUT2D eigenvalue weighted by atomic mass is 32.1. The summed E-state index contributed by atoms with van der Waals surface area (Å²) in [5.74, 6) is 0. The predicted molar refractivity (Wildman–Crippen MR) is 75.8 cm³/mol. The summed E-state index contributed by atoms with van der Waals surface area (Å²) >= 11 is 1.56. The van der Waals surface area contributed by atoms with Gasteiger partial charge >= 0.3 is 5.69 Å². The summed E-state index contributed by atoms with van der Waals surface area (Å²) in [4.78, 5) is 28.4. The smallest absolute Gasteiger partial charge is 0.300 e. The first-order chi connectivity index (χ1) is 9.15. The summed E-state index contributed by atoms with van der Waals surface area (Å²) in [6.07, 6.45) is 3.28. The van der Waals surface area contributed by atoms with E-state index in [0.29, 0.717) is 6.54 Å². The lowest BCUT2D eigenvalue weighted by atomic mass is 10.4. The van der Waals surface area contributed by atoms with Crippen LogP contribution in [0.5, 0.6) is 0 Å². The van der Waals surface area contributed by atoms with Gasteiger partial charge in [-0.2, -0.15) is 0 Å². The van der Waals surface area contributed by atoms with Gasteiger partial charge in [-0.3, -0.25) is 9.36 Å². The van der Waals surface area contributed by atoms with Crippen molar-refractivity contribution < 1.29 is 0 Å². The molecule has 0 N–H and O–H groups in total. The molecule has 0 atom stereocenters. The van der Waals surface area contributed by atoms with E-state index in [1.54, 1.807) is 22.1 Å². The zero-order valence-corrected chi connectivity index (χ0v) is 11.9. The second-order valence-electron chi connectivity index (χ2n) is 4.30. The van der Waals surface area contributed by atoms with Gasteiger partial charge in [-0.1, -0.05) is 13.8 Å². The lowest BCUT2D eigenvalue weighted by molar-refractivity contribution is 0.567. The topological polar surface area (TPSA) is 56.9 Å². The minimum absolute atomic E-state index is 0.249. The molecular formula is C13H17N3O2S. The highest BCUT2D eigenvalue weighted by Gasteiger charge is 2.08. The molecule has 0 aliphatic rings. The van der Waals surface area contributed by atoms with Gasteiger partial charge in [-0.15, -0.1) is 11.3 Å². The number of nitrogens with zero attached hydrogens (tertiary/aromatic N) is 3. The fourth-order valence-corrected chi connectivity index (χ4v) is 2.60. The van der Waals surface area contributed by atoms with Gasteiger partial charge in [-0.25, -0.2) is 9.78 Å². The van der Waals surface area contributed by atoms with E-state index in [1.165, 1.54) is 10.6 Å². The Hall–Kier alpha value is -1.69. The minimum Gasteiger partial charge on any atom is -0.300 e. The Kier molecular flexibility index (Phi) is 4.31. The summed E-state index contributed by atoms with van der Waals surface area (Å²) in [7, 11) is 0. The molecule has 6 heteroatoms. The van der Waals surface area contributed by atoms with Gasteiger partial charge in [0.2, 0.25) is 0 Å². The molecule has 0 saturated carbocycles. The Morgan fingerprint density at radius 3 is 2.74 bits per heavy atom. The Bertz CT molecular complexity index is 669. The zero-order valence-electron chi connectivity index (χ0n) is 11.1. The number of aromatic nitrogens is 3. The molecule has 0 amide bonds. The third-order valence-corrected chi connectivity index (χ3v) is 3.87. The van der Waals surface area contributed by atoms with Crippen LogP contribution in [0, 0.1) is 0 Å². The normalized spacial score (nSPS) is 10.8. The lowest BCUT2D eigenvalue weighted by Crippen LogP contribution is -2.39. The second kappa shape index (κ2) is 5.97. The van der Waals surface area contributed by atoms with Crippen LogP contribution in [0.3, 0.4) is 0 Å². The summed E-state index contributed by atoms with van der Waals surface area (Å²) < 4.78 is 2.80. The number of thiazole rings is 1. The zero-order chi connectivity index (χ0) is 13.8. The lowest BCUT2D eigenvalue weighted by Gasteiger charge is -2.07. The first kappa shape index (κ1) is 13.7. The van der Waals surface area contributed by atoms with Crippen molar-refractivity contribution in [3.05, 3.63) is 49.2 Å². The third-order valence-electron chi connectivity index (χ3n) is 2.83. The van der Waals surface area contributed by atoms with E-state index in [4.69, 9.17) is 0 Å². The van der Waals surface area contributed by atoms with Crippen LogP contribution in [0.4, 0.5) is 0 Å². The van der Waals surface area contributed by atoms with Gasteiger partial charge < -0.3 is 4.57 Å². The average molecular weight is 279 g/mol. The maximum absolute atomic E-state index is 12.2. The highest BCUT2D eigenvalue weighted by molar-refractivity contribution is 7.09. The first-order valence-corrected chi connectivity index (χ1v) is 7.27. The maximum Gasteiger partial charge on any atom is 0.331 e. The van der Waals surface area contributed by atoms with Crippen molar-refractivity contribution in [1.82, 2.24) is 14.1 Å². The quantitative estimate of drug-likeness (QED) is 0.833. The minimum atomic E-state index is -0.275. The van der Waals surface area contributed by atoms with Gasteiger partial charge in [0.25, 0.3) is 5.56 Å². The molecule has 0 saturated heterocycles. The maximum atomic E-state index is 12.2. The standard InChI is InChI=1S/C13H17N3O2S/c1-3-6-15-7-5-12(17)16(13(15)18)8-10-9-19-11(4-2)14-10/h5,7,9H,3-4,6,8H2,1-2H3. The Morgan fingerprint density at radius 1 is 1.32 bits per heavy atom. The van der Waals surface area contributed by atoms with Crippen LogP contribution in [0.15, 0.2) is 27.2 Å². The Morgan fingerprint density at radius 2 is 2.11 bits per heavy atom. The summed E-state index contributed by atoms with van der Waals surface area (Å²) in [6.45, 7) is 4.90. The number of rotatable bonds is 5. The fraction of sp³-hybridized carbons (Fsp3) is 0.462. The number of hydrogen-bond acceptors (Lipinski definition) is 4. The molecule has 19 heavy (non-hydrogen) atoms. The Balaban J connectivity index is 2.36. The van der Waals surface area contributed by atoms with Gasteiger partial charge in [0, 0.05) is 24.2 Å². The first-order valence-electron chi connectivity index (χ1n) is 6.39. The fourth-order valence-electron chi connectivity index (χ4n) is 1.86. The largest absolute Gasteiger partial charge is 0.331 e. The van der Waals surface area contributed by atoms with Crippen LogP contribution in [0.25, 0.3) is 0 Å². The highest BCUT2D eigenvalue weighted by Crippen LogP contribution is 2.10. The molecule has 5 nitrogen and oxygen atoms in total. The molecule has 0 aliphatic heterocycles. The van der Waals surface area contributed by atoms with Crippen LogP contribution >= 0.6 is 11.3 Å². The molecular weight excluding hydrogens is 262 g/mol. The van der Waals surface area contributed by atoms with Gasteiger partial charge in [0.15, 0.2) is 0 Å². The number of hydrogen-bond donors (Lipinski definition) is 0. The van der Waals surface area contributed by atoms with E-state index in [0.717, 1.165) is 23.5 Å². The van der Waals surface area contributed by atoms with Gasteiger partial charge in [0.05, 0.1) is 17.2 Å².